The fraction of sp³-hybridized carbons (Fsp3) is 0.419. The first-order valence-electron chi connectivity index (χ1n) is 14.0. The highest BCUT2D eigenvalue weighted by molar-refractivity contribution is 5.89. The van der Waals surface area contributed by atoms with E-state index in [1.54, 1.807) is 0 Å². The maximum atomic E-state index is 6.13. The summed E-state index contributed by atoms with van der Waals surface area (Å²) >= 11 is 0. The summed E-state index contributed by atoms with van der Waals surface area (Å²) in [6.45, 7) is 7.10. The van der Waals surface area contributed by atoms with Crippen molar-refractivity contribution in [3.63, 3.8) is 0 Å². The number of rotatable bonds is 9. The van der Waals surface area contributed by atoms with E-state index < -0.39 is 0 Å². The summed E-state index contributed by atoms with van der Waals surface area (Å²) < 4.78 is 6.13. The van der Waals surface area contributed by atoms with E-state index in [4.69, 9.17) is 14.7 Å². The van der Waals surface area contributed by atoms with Crippen LogP contribution < -0.4 is 4.90 Å². The SMILES string of the molecule is CN1CCN(c2cccc3[nH]c(CN(CCOCc4ccccc4)C4CCCc5cccnc54)nc23)CC1. The monoisotopic (exact) mass is 510 g/mol. The van der Waals surface area contributed by atoms with E-state index in [1.165, 1.54) is 28.9 Å². The zero-order chi connectivity index (χ0) is 25.7. The molecule has 1 aliphatic heterocycles. The Morgan fingerprint density at radius 2 is 1.87 bits per heavy atom. The average Bonchev–Trinajstić information content (AvgIpc) is 3.38. The normalized spacial score (nSPS) is 18.3. The molecule has 4 aromatic rings. The third-order valence-corrected chi connectivity index (χ3v) is 7.98. The van der Waals surface area contributed by atoms with Crippen LogP contribution in [0.2, 0.25) is 0 Å². The fourth-order valence-electron chi connectivity index (χ4n) is 5.87. The molecule has 1 fully saturated rings. The van der Waals surface area contributed by atoms with Gasteiger partial charge in [-0.2, -0.15) is 0 Å². The van der Waals surface area contributed by atoms with Crippen LogP contribution in [0, 0.1) is 0 Å². The number of aromatic amines is 1. The minimum absolute atomic E-state index is 0.269. The van der Waals surface area contributed by atoms with E-state index in [1.807, 2.05) is 12.3 Å². The molecule has 0 amide bonds. The lowest BCUT2D eigenvalue weighted by molar-refractivity contribution is 0.0671. The molecule has 198 valence electrons. The van der Waals surface area contributed by atoms with Gasteiger partial charge in [-0.15, -0.1) is 0 Å². The van der Waals surface area contributed by atoms with Crippen LogP contribution in [0.15, 0.2) is 66.9 Å². The number of benzene rings is 2. The molecular weight excluding hydrogens is 472 g/mol. The molecule has 38 heavy (non-hydrogen) atoms. The summed E-state index contributed by atoms with van der Waals surface area (Å²) in [4.78, 5) is 21.0. The van der Waals surface area contributed by atoms with Crippen LogP contribution in [0.1, 0.15) is 41.5 Å². The molecule has 2 aromatic carbocycles. The number of nitrogens with zero attached hydrogens (tertiary/aromatic N) is 5. The molecular formula is C31H38N6O. The van der Waals surface area contributed by atoms with Crippen LogP contribution in [-0.2, 0) is 24.3 Å². The van der Waals surface area contributed by atoms with Gasteiger partial charge in [-0.05, 0) is 55.6 Å². The number of likely N-dealkylation sites (N-methyl/N-ethyl adjacent to an activating group) is 1. The second-order valence-electron chi connectivity index (χ2n) is 10.6. The average molecular weight is 511 g/mol. The highest BCUT2D eigenvalue weighted by Gasteiger charge is 2.28. The number of fused-ring (bicyclic) bond motifs is 2. The number of piperazine rings is 1. The second kappa shape index (κ2) is 11.6. The Labute approximate surface area is 225 Å². The van der Waals surface area contributed by atoms with Gasteiger partial charge in [0.25, 0.3) is 0 Å². The highest BCUT2D eigenvalue weighted by atomic mass is 16.5. The Morgan fingerprint density at radius 3 is 2.74 bits per heavy atom. The molecule has 7 nitrogen and oxygen atoms in total. The van der Waals surface area contributed by atoms with Crippen LogP contribution >= 0.6 is 0 Å². The summed E-state index contributed by atoms with van der Waals surface area (Å²) in [6, 6.07) is 21.5. The number of imidazole rings is 1. The molecule has 3 heterocycles. The van der Waals surface area contributed by atoms with E-state index in [-0.39, 0.29) is 6.04 Å². The lowest BCUT2D eigenvalue weighted by Crippen LogP contribution is -2.44. The third kappa shape index (κ3) is 5.60. The number of hydrogen-bond acceptors (Lipinski definition) is 6. The Morgan fingerprint density at radius 1 is 1.00 bits per heavy atom. The van der Waals surface area contributed by atoms with Crippen molar-refractivity contribution >= 4 is 16.7 Å². The van der Waals surface area contributed by atoms with E-state index in [0.717, 1.165) is 69.0 Å². The summed E-state index contributed by atoms with van der Waals surface area (Å²) in [7, 11) is 2.20. The lowest BCUT2D eigenvalue weighted by atomic mass is 9.91. The van der Waals surface area contributed by atoms with Crippen LogP contribution in [-0.4, -0.2) is 71.1 Å². The van der Waals surface area contributed by atoms with Gasteiger partial charge in [0.05, 0.1) is 42.7 Å². The van der Waals surface area contributed by atoms with Gasteiger partial charge in [-0.3, -0.25) is 9.88 Å². The topological polar surface area (TPSA) is 60.5 Å². The molecule has 0 spiro atoms. The summed E-state index contributed by atoms with van der Waals surface area (Å²) in [5.74, 6) is 1.01. The molecule has 1 unspecified atom stereocenters. The van der Waals surface area contributed by atoms with Crippen LogP contribution in [0.5, 0.6) is 0 Å². The standard InChI is InChI=1S/C31H38N6O/c1-35-16-18-36(19-17-35)28-14-6-12-26-31(28)34-29(33-26)22-37(20-21-38-23-24-8-3-2-4-9-24)27-13-5-10-25-11-7-15-32-30(25)27/h2-4,6-9,11-12,14-15,27H,5,10,13,16-23H2,1H3,(H,33,34). The molecule has 2 aliphatic rings. The molecule has 0 saturated carbocycles. The van der Waals surface area contributed by atoms with Crippen molar-refractivity contribution in [1.82, 2.24) is 24.8 Å². The molecule has 1 atom stereocenters. The molecule has 1 saturated heterocycles. The van der Waals surface area contributed by atoms with Crippen LogP contribution in [0.25, 0.3) is 11.0 Å². The van der Waals surface area contributed by atoms with Crippen molar-refractivity contribution < 1.29 is 4.74 Å². The first kappa shape index (κ1) is 25.0. The van der Waals surface area contributed by atoms with Gasteiger partial charge in [-0.1, -0.05) is 42.5 Å². The maximum absolute atomic E-state index is 6.13. The second-order valence-corrected chi connectivity index (χ2v) is 10.6. The van der Waals surface area contributed by atoms with Crippen molar-refractivity contribution in [3.05, 3.63) is 89.5 Å². The number of hydrogen-bond donors (Lipinski definition) is 1. The number of anilines is 1. The maximum Gasteiger partial charge on any atom is 0.121 e. The minimum atomic E-state index is 0.269. The van der Waals surface area contributed by atoms with Gasteiger partial charge in [0.2, 0.25) is 0 Å². The Bertz CT molecular complexity index is 1330. The number of aromatic nitrogens is 3. The lowest BCUT2D eigenvalue weighted by Gasteiger charge is -2.34. The summed E-state index contributed by atoms with van der Waals surface area (Å²) in [6.07, 6.45) is 5.33. The number of nitrogens with one attached hydrogen (secondary N) is 1. The van der Waals surface area contributed by atoms with Crippen LogP contribution in [0.3, 0.4) is 0 Å². The minimum Gasteiger partial charge on any atom is -0.375 e. The van der Waals surface area contributed by atoms with Gasteiger partial charge in [0.15, 0.2) is 0 Å². The van der Waals surface area contributed by atoms with Crippen LogP contribution in [0.4, 0.5) is 5.69 Å². The van der Waals surface area contributed by atoms with Gasteiger partial charge in [0, 0.05) is 38.9 Å². The number of ether oxygens (including phenoxy) is 1. The summed E-state index contributed by atoms with van der Waals surface area (Å²) in [5, 5.41) is 0. The highest BCUT2D eigenvalue weighted by Crippen LogP contribution is 2.34. The summed E-state index contributed by atoms with van der Waals surface area (Å²) in [5.41, 5.74) is 7.23. The molecule has 6 rings (SSSR count). The van der Waals surface area contributed by atoms with Gasteiger partial charge < -0.3 is 19.5 Å². The first-order chi connectivity index (χ1) is 18.7. The van der Waals surface area contributed by atoms with E-state index >= 15 is 0 Å². The zero-order valence-electron chi connectivity index (χ0n) is 22.4. The van der Waals surface area contributed by atoms with E-state index in [9.17, 15) is 0 Å². The molecule has 2 aromatic heterocycles. The predicted molar refractivity (Wildman–Crippen MR) is 152 cm³/mol. The molecule has 0 bridgehead atoms. The number of H-pyrrole nitrogens is 1. The van der Waals surface area contributed by atoms with Gasteiger partial charge in [0.1, 0.15) is 11.3 Å². The predicted octanol–water partition coefficient (Wildman–Crippen LogP) is 4.81. The molecule has 1 aliphatic carbocycles. The quantitative estimate of drug-likeness (QED) is 0.326. The number of aryl methyl sites for hydroxylation is 1. The molecule has 7 heteroatoms. The van der Waals surface area contributed by atoms with Crippen molar-refractivity contribution in [1.29, 1.82) is 0 Å². The first-order valence-corrected chi connectivity index (χ1v) is 14.0. The van der Waals surface area contributed by atoms with Crippen molar-refractivity contribution in [2.75, 3.05) is 51.3 Å². The smallest absolute Gasteiger partial charge is 0.121 e. The Hall–Kier alpha value is -3.26. The van der Waals surface area contributed by atoms with Gasteiger partial charge >= 0.3 is 0 Å². The fourth-order valence-corrected chi connectivity index (χ4v) is 5.87. The Kier molecular flexibility index (Phi) is 7.67. The Balaban J connectivity index is 1.22. The van der Waals surface area contributed by atoms with E-state index in [2.05, 4.69) is 81.3 Å². The number of para-hydroxylation sites is 1. The largest absolute Gasteiger partial charge is 0.375 e. The zero-order valence-corrected chi connectivity index (χ0v) is 22.4. The van der Waals surface area contributed by atoms with Crippen molar-refractivity contribution in [3.8, 4) is 0 Å². The number of pyridine rings is 1. The van der Waals surface area contributed by atoms with Gasteiger partial charge in [-0.25, -0.2) is 4.98 Å². The van der Waals surface area contributed by atoms with Crippen molar-refractivity contribution in [2.45, 2.75) is 38.5 Å². The molecule has 0 radical (unpaired) electrons. The van der Waals surface area contributed by atoms with E-state index in [0.29, 0.717) is 13.2 Å². The van der Waals surface area contributed by atoms with Crippen molar-refractivity contribution in [2.24, 2.45) is 0 Å². The third-order valence-electron chi connectivity index (χ3n) is 7.98. The molecule has 1 N–H and O–H groups in total.